The number of nitrogens with zero attached hydrogens (tertiary/aromatic N) is 1. The van der Waals surface area contributed by atoms with Gasteiger partial charge in [0.15, 0.2) is 5.76 Å². The van der Waals surface area contributed by atoms with Gasteiger partial charge in [-0.15, -0.1) is 11.3 Å². The Kier molecular flexibility index (Phi) is 3.62. The first-order valence-electron chi connectivity index (χ1n) is 6.52. The standard InChI is InChI=1S/C15H16N2OS/c1-2-7-16-10-12-9-13(18-17-12)15-8-11-5-3-4-6-14(11)19-15/h3-6,8-9,16H,2,7,10H2,1H3. The third kappa shape index (κ3) is 2.69. The Bertz CT molecular complexity index is 638. The lowest BCUT2D eigenvalue weighted by atomic mass is 10.2. The molecule has 0 unspecified atom stereocenters. The Hall–Kier alpha value is -1.65. The fourth-order valence-electron chi connectivity index (χ4n) is 2.01. The quantitative estimate of drug-likeness (QED) is 0.712. The first-order valence-corrected chi connectivity index (χ1v) is 7.33. The van der Waals surface area contributed by atoms with Crippen LogP contribution in [0.1, 0.15) is 19.0 Å². The molecule has 0 saturated carbocycles. The average Bonchev–Trinajstić information content (AvgIpc) is 3.04. The molecule has 19 heavy (non-hydrogen) atoms. The SMILES string of the molecule is CCCNCc1cc(-c2cc3ccccc3s2)on1. The maximum Gasteiger partial charge on any atom is 0.177 e. The zero-order valence-electron chi connectivity index (χ0n) is 10.8. The number of thiophene rings is 1. The zero-order chi connectivity index (χ0) is 13.1. The van der Waals surface area contributed by atoms with Crippen molar-refractivity contribution in [2.24, 2.45) is 0 Å². The Balaban J connectivity index is 1.81. The van der Waals surface area contributed by atoms with Gasteiger partial charge in [-0.05, 0) is 30.5 Å². The van der Waals surface area contributed by atoms with E-state index in [1.54, 1.807) is 11.3 Å². The molecule has 3 nitrogen and oxygen atoms in total. The van der Waals surface area contributed by atoms with Crippen LogP contribution >= 0.6 is 11.3 Å². The van der Waals surface area contributed by atoms with E-state index in [2.05, 4.69) is 47.7 Å². The number of benzene rings is 1. The molecule has 0 aliphatic carbocycles. The first kappa shape index (κ1) is 12.4. The second-order valence-electron chi connectivity index (χ2n) is 4.51. The number of aromatic nitrogens is 1. The third-order valence-electron chi connectivity index (χ3n) is 2.96. The van der Waals surface area contributed by atoms with Crippen LogP contribution in [0.5, 0.6) is 0 Å². The molecule has 0 spiro atoms. The maximum absolute atomic E-state index is 5.43. The smallest absolute Gasteiger partial charge is 0.177 e. The van der Waals surface area contributed by atoms with Crippen molar-refractivity contribution in [3.8, 4) is 10.6 Å². The van der Waals surface area contributed by atoms with Crippen molar-refractivity contribution in [2.45, 2.75) is 19.9 Å². The van der Waals surface area contributed by atoms with Gasteiger partial charge in [0.05, 0.1) is 10.6 Å². The molecule has 98 valence electrons. The first-order chi connectivity index (χ1) is 9.36. The van der Waals surface area contributed by atoms with Gasteiger partial charge < -0.3 is 9.84 Å². The van der Waals surface area contributed by atoms with E-state index in [9.17, 15) is 0 Å². The molecule has 2 aromatic heterocycles. The van der Waals surface area contributed by atoms with Gasteiger partial charge in [0.1, 0.15) is 0 Å². The number of nitrogens with one attached hydrogen (secondary N) is 1. The van der Waals surface area contributed by atoms with E-state index >= 15 is 0 Å². The number of hydrogen-bond donors (Lipinski definition) is 1. The van der Waals surface area contributed by atoms with Gasteiger partial charge in [0.2, 0.25) is 0 Å². The minimum Gasteiger partial charge on any atom is -0.355 e. The summed E-state index contributed by atoms with van der Waals surface area (Å²) in [5, 5.41) is 8.68. The fourth-order valence-corrected chi connectivity index (χ4v) is 3.02. The Morgan fingerprint density at radius 2 is 2.16 bits per heavy atom. The molecule has 0 fully saturated rings. The van der Waals surface area contributed by atoms with Crippen molar-refractivity contribution in [1.29, 1.82) is 0 Å². The monoisotopic (exact) mass is 272 g/mol. The normalized spacial score (nSPS) is 11.2. The van der Waals surface area contributed by atoms with E-state index < -0.39 is 0 Å². The summed E-state index contributed by atoms with van der Waals surface area (Å²) < 4.78 is 6.71. The van der Waals surface area contributed by atoms with E-state index in [4.69, 9.17) is 4.52 Å². The van der Waals surface area contributed by atoms with Crippen LogP contribution in [0.4, 0.5) is 0 Å². The highest BCUT2D eigenvalue weighted by Gasteiger charge is 2.09. The Labute approximate surface area is 116 Å². The molecule has 1 aromatic carbocycles. The predicted octanol–water partition coefficient (Wildman–Crippen LogP) is 4.06. The van der Waals surface area contributed by atoms with Crippen molar-refractivity contribution in [3.05, 3.63) is 42.1 Å². The van der Waals surface area contributed by atoms with E-state index in [1.165, 1.54) is 10.1 Å². The summed E-state index contributed by atoms with van der Waals surface area (Å²) in [6.45, 7) is 3.92. The number of rotatable bonds is 5. The van der Waals surface area contributed by atoms with Gasteiger partial charge in [0.25, 0.3) is 0 Å². The molecule has 1 N–H and O–H groups in total. The lowest BCUT2D eigenvalue weighted by molar-refractivity contribution is 0.421. The van der Waals surface area contributed by atoms with Gasteiger partial charge in [0, 0.05) is 17.3 Å². The lowest BCUT2D eigenvalue weighted by Gasteiger charge is -1.96. The van der Waals surface area contributed by atoms with Crippen LogP contribution in [0, 0.1) is 0 Å². The maximum atomic E-state index is 5.43. The predicted molar refractivity (Wildman–Crippen MR) is 79.3 cm³/mol. The highest BCUT2D eigenvalue weighted by molar-refractivity contribution is 7.22. The van der Waals surface area contributed by atoms with Gasteiger partial charge in [-0.2, -0.15) is 0 Å². The van der Waals surface area contributed by atoms with Crippen LogP contribution in [-0.2, 0) is 6.54 Å². The van der Waals surface area contributed by atoms with Crippen LogP contribution in [0.2, 0.25) is 0 Å². The molecular formula is C15H16N2OS. The van der Waals surface area contributed by atoms with Crippen molar-refractivity contribution in [2.75, 3.05) is 6.54 Å². The summed E-state index contributed by atoms with van der Waals surface area (Å²) in [7, 11) is 0. The summed E-state index contributed by atoms with van der Waals surface area (Å²) in [6.07, 6.45) is 1.13. The minimum absolute atomic E-state index is 0.766. The number of fused-ring (bicyclic) bond motifs is 1. The topological polar surface area (TPSA) is 38.1 Å². The third-order valence-corrected chi connectivity index (χ3v) is 4.09. The van der Waals surface area contributed by atoms with Crippen molar-refractivity contribution >= 4 is 21.4 Å². The average molecular weight is 272 g/mol. The summed E-state index contributed by atoms with van der Waals surface area (Å²) in [6, 6.07) is 12.5. The van der Waals surface area contributed by atoms with E-state index in [0.29, 0.717) is 0 Å². The van der Waals surface area contributed by atoms with Crippen molar-refractivity contribution in [3.63, 3.8) is 0 Å². The lowest BCUT2D eigenvalue weighted by Crippen LogP contribution is -2.13. The van der Waals surface area contributed by atoms with Gasteiger partial charge in [-0.3, -0.25) is 0 Å². The number of hydrogen-bond acceptors (Lipinski definition) is 4. The second-order valence-corrected chi connectivity index (χ2v) is 5.59. The van der Waals surface area contributed by atoms with Crippen LogP contribution in [0.3, 0.4) is 0 Å². The highest BCUT2D eigenvalue weighted by atomic mass is 32.1. The van der Waals surface area contributed by atoms with E-state index in [-0.39, 0.29) is 0 Å². The Morgan fingerprint density at radius 1 is 1.26 bits per heavy atom. The molecule has 0 radical (unpaired) electrons. The molecule has 2 heterocycles. The summed E-state index contributed by atoms with van der Waals surface area (Å²) in [5.74, 6) is 0.856. The summed E-state index contributed by atoms with van der Waals surface area (Å²) >= 11 is 1.74. The Morgan fingerprint density at radius 3 is 3.00 bits per heavy atom. The molecule has 0 atom stereocenters. The molecule has 3 aromatic rings. The van der Waals surface area contributed by atoms with Gasteiger partial charge >= 0.3 is 0 Å². The molecule has 0 bridgehead atoms. The highest BCUT2D eigenvalue weighted by Crippen LogP contribution is 2.33. The molecule has 0 amide bonds. The van der Waals surface area contributed by atoms with Gasteiger partial charge in [-0.25, -0.2) is 0 Å². The van der Waals surface area contributed by atoms with Crippen LogP contribution in [0.25, 0.3) is 20.7 Å². The minimum atomic E-state index is 0.766. The van der Waals surface area contributed by atoms with Gasteiger partial charge in [-0.1, -0.05) is 30.3 Å². The van der Waals surface area contributed by atoms with Crippen molar-refractivity contribution < 1.29 is 4.52 Å². The largest absolute Gasteiger partial charge is 0.355 e. The van der Waals surface area contributed by atoms with Crippen LogP contribution in [-0.4, -0.2) is 11.7 Å². The fraction of sp³-hybridized carbons (Fsp3) is 0.267. The molecule has 0 aliphatic heterocycles. The molecule has 0 aliphatic rings. The summed E-state index contributed by atoms with van der Waals surface area (Å²) in [4.78, 5) is 1.13. The van der Waals surface area contributed by atoms with Crippen LogP contribution < -0.4 is 5.32 Å². The second kappa shape index (κ2) is 5.55. The molecule has 4 heteroatoms. The van der Waals surface area contributed by atoms with Crippen molar-refractivity contribution in [1.82, 2.24) is 10.5 Å². The molecule has 3 rings (SSSR count). The molecule has 0 saturated heterocycles. The van der Waals surface area contributed by atoms with Crippen LogP contribution in [0.15, 0.2) is 40.9 Å². The summed E-state index contributed by atoms with van der Waals surface area (Å²) in [5.41, 5.74) is 0.959. The molecular weight excluding hydrogens is 256 g/mol. The zero-order valence-corrected chi connectivity index (χ0v) is 11.7. The van der Waals surface area contributed by atoms with E-state index in [1.807, 2.05) is 6.07 Å². The van der Waals surface area contributed by atoms with E-state index in [0.717, 1.165) is 35.8 Å².